The summed E-state index contributed by atoms with van der Waals surface area (Å²) in [5.41, 5.74) is 2.02. The first-order valence-electron chi connectivity index (χ1n) is 9.69. The molecule has 3 rings (SSSR count). The molecule has 0 saturated heterocycles. The fourth-order valence-corrected chi connectivity index (χ4v) is 4.72. The maximum atomic E-state index is 12.7. The van der Waals surface area contributed by atoms with E-state index in [1.54, 1.807) is 47.1 Å². The Morgan fingerprint density at radius 3 is 2.53 bits per heavy atom. The van der Waals surface area contributed by atoms with E-state index in [2.05, 4.69) is 10.4 Å². The van der Waals surface area contributed by atoms with Crippen LogP contribution in [0.3, 0.4) is 0 Å². The van der Waals surface area contributed by atoms with Crippen molar-refractivity contribution in [3.63, 3.8) is 0 Å². The van der Waals surface area contributed by atoms with E-state index >= 15 is 0 Å². The molecule has 0 aliphatic carbocycles. The van der Waals surface area contributed by atoms with Crippen LogP contribution in [-0.2, 0) is 9.84 Å². The number of carbonyl (C=O) groups excluding carboxylic acids is 1. The van der Waals surface area contributed by atoms with Crippen molar-refractivity contribution < 1.29 is 13.2 Å². The highest BCUT2D eigenvalue weighted by atomic mass is 35.5. The normalized spacial score (nSPS) is 11.6. The predicted octanol–water partition coefficient (Wildman–Crippen LogP) is 4.24. The van der Waals surface area contributed by atoms with Crippen molar-refractivity contribution in [2.45, 2.75) is 31.1 Å². The summed E-state index contributed by atoms with van der Waals surface area (Å²) in [4.78, 5) is 13.0. The predicted molar refractivity (Wildman–Crippen MR) is 118 cm³/mol. The van der Waals surface area contributed by atoms with Gasteiger partial charge < -0.3 is 5.32 Å². The molecule has 0 radical (unpaired) electrons. The van der Waals surface area contributed by atoms with Crippen molar-refractivity contribution in [1.82, 2.24) is 15.1 Å². The zero-order chi connectivity index (χ0) is 21.7. The third kappa shape index (κ3) is 5.09. The molecule has 6 nitrogen and oxygen atoms in total. The number of aromatic nitrogens is 2. The number of benzene rings is 2. The first-order chi connectivity index (χ1) is 14.3. The molecule has 0 spiro atoms. The quantitative estimate of drug-likeness (QED) is 0.526. The summed E-state index contributed by atoms with van der Waals surface area (Å²) >= 11 is 6.09. The molecule has 30 heavy (non-hydrogen) atoms. The van der Waals surface area contributed by atoms with E-state index in [1.807, 2.05) is 26.0 Å². The van der Waals surface area contributed by atoms with Gasteiger partial charge in [-0.2, -0.15) is 5.10 Å². The van der Waals surface area contributed by atoms with Crippen LogP contribution >= 0.6 is 11.6 Å². The molecule has 0 unspecified atom stereocenters. The maximum Gasteiger partial charge on any atom is 0.254 e. The van der Waals surface area contributed by atoms with Crippen molar-refractivity contribution in [3.8, 4) is 5.69 Å². The second-order valence-electron chi connectivity index (χ2n) is 7.23. The van der Waals surface area contributed by atoms with E-state index in [-0.39, 0.29) is 24.1 Å². The molecule has 0 atom stereocenters. The number of halogens is 1. The lowest BCUT2D eigenvalue weighted by atomic mass is 10.0. The van der Waals surface area contributed by atoms with Gasteiger partial charge in [0.1, 0.15) is 0 Å². The third-order valence-electron chi connectivity index (χ3n) is 4.63. The van der Waals surface area contributed by atoms with Gasteiger partial charge in [-0.05, 0) is 42.7 Å². The molecule has 3 aromatic rings. The first kappa shape index (κ1) is 22.1. The van der Waals surface area contributed by atoms with Gasteiger partial charge in [-0.3, -0.25) is 4.79 Å². The lowest BCUT2D eigenvalue weighted by molar-refractivity contribution is 0.0952. The smallest absolute Gasteiger partial charge is 0.254 e. The minimum Gasteiger partial charge on any atom is -0.352 e. The topological polar surface area (TPSA) is 81.1 Å². The zero-order valence-electron chi connectivity index (χ0n) is 16.9. The Bertz CT molecular complexity index is 1130. The number of amides is 1. The highest BCUT2D eigenvalue weighted by Crippen LogP contribution is 2.24. The molecular weight excluding hydrogens is 422 g/mol. The number of sulfone groups is 1. The van der Waals surface area contributed by atoms with Crippen LogP contribution < -0.4 is 5.32 Å². The Hall–Kier alpha value is -2.64. The molecule has 0 saturated carbocycles. The number of hydrogen-bond acceptors (Lipinski definition) is 4. The SMILES string of the molecule is CC(C)c1c(C(=O)NCCCS(=O)(=O)c2ccccc2)cnn1-c1cccc(Cl)c1. The Morgan fingerprint density at radius 2 is 1.87 bits per heavy atom. The van der Waals surface area contributed by atoms with Gasteiger partial charge in [-0.15, -0.1) is 0 Å². The van der Waals surface area contributed by atoms with E-state index in [4.69, 9.17) is 11.6 Å². The van der Waals surface area contributed by atoms with Crippen molar-refractivity contribution in [3.05, 3.63) is 77.1 Å². The van der Waals surface area contributed by atoms with E-state index in [0.29, 0.717) is 21.9 Å². The molecule has 0 fully saturated rings. The molecule has 1 N–H and O–H groups in total. The van der Waals surface area contributed by atoms with Gasteiger partial charge in [0.05, 0.1) is 33.8 Å². The fraction of sp³-hybridized carbons (Fsp3) is 0.273. The summed E-state index contributed by atoms with van der Waals surface area (Å²) in [6.45, 7) is 4.23. The van der Waals surface area contributed by atoms with Crippen LogP contribution in [0.1, 0.15) is 42.2 Å². The standard InChI is InChI=1S/C22H24ClN3O3S/c1-16(2)21-20(15-25-26(21)18-9-6-8-17(23)14-18)22(27)24-12-7-13-30(28,29)19-10-4-3-5-11-19/h3-6,8-11,14-16H,7,12-13H2,1-2H3,(H,24,27). The molecule has 8 heteroatoms. The van der Waals surface area contributed by atoms with Crippen LogP contribution in [0.4, 0.5) is 0 Å². The van der Waals surface area contributed by atoms with Gasteiger partial charge in [0.15, 0.2) is 9.84 Å². The molecular formula is C22H24ClN3O3S. The largest absolute Gasteiger partial charge is 0.352 e. The van der Waals surface area contributed by atoms with Crippen molar-refractivity contribution >= 4 is 27.3 Å². The number of rotatable bonds is 8. The van der Waals surface area contributed by atoms with Crippen molar-refractivity contribution in [2.75, 3.05) is 12.3 Å². The summed E-state index contributed by atoms with van der Waals surface area (Å²) in [6.07, 6.45) is 1.86. The van der Waals surface area contributed by atoms with Crippen molar-refractivity contribution in [1.29, 1.82) is 0 Å². The molecule has 1 amide bonds. The van der Waals surface area contributed by atoms with E-state index in [0.717, 1.165) is 11.4 Å². The molecule has 1 heterocycles. The lowest BCUT2D eigenvalue weighted by Crippen LogP contribution is -2.27. The molecule has 0 aliphatic rings. The van der Waals surface area contributed by atoms with Gasteiger partial charge in [-0.25, -0.2) is 13.1 Å². The molecule has 2 aromatic carbocycles. The zero-order valence-corrected chi connectivity index (χ0v) is 18.4. The number of nitrogens with zero attached hydrogens (tertiary/aromatic N) is 2. The van der Waals surface area contributed by atoms with Gasteiger partial charge in [-0.1, -0.05) is 49.7 Å². The van der Waals surface area contributed by atoms with E-state index in [1.165, 1.54) is 6.20 Å². The first-order valence-corrected chi connectivity index (χ1v) is 11.7. The molecule has 0 aliphatic heterocycles. The summed E-state index contributed by atoms with van der Waals surface area (Å²) < 4.78 is 26.4. The highest BCUT2D eigenvalue weighted by Gasteiger charge is 2.21. The lowest BCUT2D eigenvalue weighted by Gasteiger charge is -2.13. The van der Waals surface area contributed by atoms with E-state index < -0.39 is 9.84 Å². The van der Waals surface area contributed by atoms with Crippen LogP contribution in [0.5, 0.6) is 0 Å². The second kappa shape index (κ2) is 9.45. The number of hydrogen-bond donors (Lipinski definition) is 1. The molecule has 1 aromatic heterocycles. The summed E-state index contributed by atoms with van der Waals surface area (Å²) in [7, 11) is -3.36. The second-order valence-corrected chi connectivity index (χ2v) is 9.78. The summed E-state index contributed by atoms with van der Waals surface area (Å²) in [6, 6.07) is 15.6. The van der Waals surface area contributed by atoms with Crippen LogP contribution in [-0.4, -0.2) is 36.4 Å². The Kier molecular flexibility index (Phi) is 6.95. The number of nitrogens with one attached hydrogen (secondary N) is 1. The molecule has 0 bridgehead atoms. The Morgan fingerprint density at radius 1 is 1.13 bits per heavy atom. The maximum absolute atomic E-state index is 12.7. The monoisotopic (exact) mass is 445 g/mol. The van der Waals surface area contributed by atoms with Crippen molar-refractivity contribution in [2.24, 2.45) is 0 Å². The summed E-state index contributed by atoms with van der Waals surface area (Å²) in [5, 5.41) is 7.78. The number of carbonyl (C=O) groups is 1. The van der Waals surface area contributed by atoms with Gasteiger partial charge in [0, 0.05) is 11.6 Å². The minimum absolute atomic E-state index is 0.0316. The third-order valence-corrected chi connectivity index (χ3v) is 6.68. The Labute approximate surface area is 181 Å². The minimum atomic E-state index is -3.36. The highest BCUT2D eigenvalue weighted by molar-refractivity contribution is 7.91. The average Bonchev–Trinajstić information content (AvgIpc) is 3.17. The van der Waals surface area contributed by atoms with Crippen LogP contribution in [0, 0.1) is 0 Å². The van der Waals surface area contributed by atoms with Gasteiger partial charge in [0.25, 0.3) is 5.91 Å². The summed E-state index contributed by atoms with van der Waals surface area (Å²) in [5.74, 6) is -0.259. The van der Waals surface area contributed by atoms with Crippen LogP contribution in [0.2, 0.25) is 5.02 Å². The fourth-order valence-electron chi connectivity index (χ4n) is 3.21. The average molecular weight is 446 g/mol. The van der Waals surface area contributed by atoms with Crippen LogP contribution in [0.15, 0.2) is 65.7 Å². The van der Waals surface area contributed by atoms with Crippen LogP contribution in [0.25, 0.3) is 5.69 Å². The van der Waals surface area contributed by atoms with Gasteiger partial charge >= 0.3 is 0 Å². The Balaban J connectivity index is 1.67. The van der Waals surface area contributed by atoms with E-state index in [9.17, 15) is 13.2 Å². The van der Waals surface area contributed by atoms with Gasteiger partial charge in [0.2, 0.25) is 0 Å². The molecule has 158 valence electrons.